The number of carbonyl (C=O) groups is 1. The summed E-state index contributed by atoms with van der Waals surface area (Å²) in [7, 11) is 3.24. The molecule has 1 aliphatic rings. The number of amides is 1. The Kier molecular flexibility index (Phi) is 7.74. The summed E-state index contributed by atoms with van der Waals surface area (Å²) >= 11 is 6.87. The van der Waals surface area contributed by atoms with E-state index in [1.54, 1.807) is 14.2 Å². The average Bonchev–Trinajstić information content (AvgIpc) is 3.78. The summed E-state index contributed by atoms with van der Waals surface area (Å²) in [4.78, 5) is 20.9. The molecule has 8 nitrogen and oxygen atoms in total. The Labute approximate surface area is 233 Å². The van der Waals surface area contributed by atoms with Crippen LogP contribution in [0.1, 0.15) is 30.9 Å². The van der Waals surface area contributed by atoms with Gasteiger partial charge in [0.05, 0.1) is 36.3 Å². The molecule has 202 valence electrons. The molecule has 2 heterocycles. The predicted molar refractivity (Wildman–Crippen MR) is 158 cm³/mol. The van der Waals surface area contributed by atoms with Crippen molar-refractivity contribution in [2.45, 2.75) is 33.1 Å². The van der Waals surface area contributed by atoms with Crippen LogP contribution in [0.4, 0.5) is 23.0 Å². The molecule has 0 aliphatic heterocycles. The summed E-state index contributed by atoms with van der Waals surface area (Å²) in [5, 5.41) is 12.1. The van der Waals surface area contributed by atoms with Crippen LogP contribution in [0, 0.1) is 12.8 Å². The minimum atomic E-state index is 0.496. The smallest absolute Gasteiger partial charge is 0.211 e. The fourth-order valence-corrected chi connectivity index (χ4v) is 5.13. The van der Waals surface area contributed by atoms with Gasteiger partial charge >= 0.3 is 0 Å². The Balaban J connectivity index is 1.64. The second-order valence-corrected chi connectivity index (χ2v) is 10.0. The van der Waals surface area contributed by atoms with Crippen LogP contribution >= 0.6 is 11.6 Å². The zero-order chi connectivity index (χ0) is 27.5. The number of anilines is 4. The third-order valence-electron chi connectivity index (χ3n) is 7.06. The van der Waals surface area contributed by atoms with Gasteiger partial charge in [0.2, 0.25) is 6.41 Å². The number of hydrogen-bond donors (Lipinski definition) is 3. The third kappa shape index (κ3) is 5.43. The van der Waals surface area contributed by atoms with E-state index in [0.717, 1.165) is 51.2 Å². The molecule has 4 aromatic rings. The Hall–Kier alpha value is -4.04. The highest BCUT2D eigenvalue weighted by atomic mass is 35.5. The number of pyridine rings is 2. The Bertz CT molecular complexity index is 1540. The lowest BCUT2D eigenvalue weighted by Gasteiger charge is -2.19. The van der Waals surface area contributed by atoms with Crippen molar-refractivity contribution in [3.63, 3.8) is 0 Å². The van der Waals surface area contributed by atoms with Gasteiger partial charge in [0.25, 0.3) is 0 Å². The number of methoxy groups -OCH3 is 2. The summed E-state index contributed by atoms with van der Waals surface area (Å²) in [5.74, 6) is 3.30. The Morgan fingerprint density at radius 2 is 1.92 bits per heavy atom. The summed E-state index contributed by atoms with van der Waals surface area (Å²) in [6, 6.07) is 11.5. The number of ether oxygens (including phenoxy) is 2. The van der Waals surface area contributed by atoms with Crippen LogP contribution in [0.2, 0.25) is 5.02 Å². The topological polar surface area (TPSA) is 97.4 Å². The molecule has 0 bridgehead atoms. The zero-order valence-corrected chi connectivity index (χ0v) is 23.3. The molecule has 39 heavy (non-hydrogen) atoms. The number of fused-ring (bicyclic) bond motifs is 1. The Morgan fingerprint density at radius 3 is 2.62 bits per heavy atom. The van der Waals surface area contributed by atoms with Gasteiger partial charge < -0.3 is 25.4 Å². The first-order valence-corrected chi connectivity index (χ1v) is 13.4. The number of carbonyl (C=O) groups excluding carboxylic acids is 1. The number of para-hydroxylation sites is 1. The SMILES string of the molecule is CCc1c(OC)cc(OC)c(Cl)c1-c1cc2cnc(Nc3c(C)cccc3NC=O)cc2c(NCC2CC2)n1. The summed E-state index contributed by atoms with van der Waals surface area (Å²) in [6.45, 7) is 4.89. The van der Waals surface area contributed by atoms with Crippen molar-refractivity contribution in [2.24, 2.45) is 5.92 Å². The number of nitrogens with zero attached hydrogens (tertiary/aromatic N) is 2. The van der Waals surface area contributed by atoms with Crippen LogP contribution < -0.4 is 25.4 Å². The van der Waals surface area contributed by atoms with Gasteiger partial charge in [-0.05, 0) is 55.9 Å². The van der Waals surface area contributed by atoms with Crippen LogP contribution in [0.15, 0.2) is 42.6 Å². The van der Waals surface area contributed by atoms with Crippen molar-refractivity contribution in [3.8, 4) is 22.8 Å². The van der Waals surface area contributed by atoms with E-state index in [4.69, 9.17) is 31.0 Å². The standard InChI is InChI=1S/C30H32ClN5O3/c1-5-20-24(38-3)13-25(39-4)28(31)27(20)23-11-19-15-32-26(12-21(19)30(35-23)33-14-18-9-10-18)36-29-17(2)7-6-8-22(29)34-16-37/h6-8,11-13,15-16,18H,5,9-10,14H2,1-4H3,(H,32,36)(H,33,35)(H,34,37). The van der Waals surface area contributed by atoms with E-state index in [2.05, 4.69) is 22.9 Å². The molecule has 1 fully saturated rings. The van der Waals surface area contributed by atoms with Crippen molar-refractivity contribution in [1.29, 1.82) is 0 Å². The highest BCUT2D eigenvalue weighted by molar-refractivity contribution is 6.35. The number of benzene rings is 2. The molecule has 1 saturated carbocycles. The molecule has 1 amide bonds. The average molecular weight is 546 g/mol. The molecule has 0 saturated heterocycles. The van der Waals surface area contributed by atoms with E-state index in [1.807, 2.05) is 49.5 Å². The number of halogens is 1. The van der Waals surface area contributed by atoms with Crippen molar-refractivity contribution in [3.05, 3.63) is 58.7 Å². The zero-order valence-electron chi connectivity index (χ0n) is 22.5. The van der Waals surface area contributed by atoms with Crippen molar-refractivity contribution >= 4 is 51.8 Å². The normalized spacial score (nSPS) is 12.7. The van der Waals surface area contributed by atoms with E-state index in [0.29, 0.717) is 46.8 Å². The van der Waals surface area contributed by atoms with Crippen LogP contribution in [0.25, 0.3) is 22.0 Å². The van der Waals surface area contributed by atoms with E-state index < -0.39 is 0 Å². The van der Waals surface area contributed by atoms with Gasteiger partial charge in [0.1, 0.15) is 23.1 Å². The van der Waals surface area contributed by atoms with Gasteiger partial charge in [0.15, 0.2) is 0 Å². The first-order valence-electron chi connectivity index (χ1n) is 13.0. The monoisotopic (exact) mass is 545 g/mol. The molecule has 3 N–H and O–H groups in total. The molecular formula is C30H32ClN5O3. The second kappa shape index (κ2) is 11.4. The molecule has 0 spiro atoms. The van der Waals surface area contributed by atoms with E-state index in [-0.39, 0.29) is 0 Å². The maximum absolute atomic E-state index is 11.1. The first kappa shape index (κ1) is 26.6. The predicted octanol–water partition coefficient (Wildman–Crippen LogP) is 6.97. The first-order chi connectivity index (χ1) is 19.0. The van der Waals surface area contributed by atoms with Crippen LogP contribution in [0.5, 0.6) is 11.5 Å². The van der Waals surface area contributed by atoms with Crippen molar-refractivity contribution in [2.75, 3.05) is 36.7 Å². The minimum absolute atomic E-state index is 0.496. The number of rotatable bonds is 11. The van der Waals surface area contributed by atoms with Crippen LogP contribution in [0.3, 0.4) is 0 Å². The fourth-order valence-electron chi connectivity index (χ4n) is 4.78. The van der Waals surface area contributed by atoms with Crippen LogP contribution in [-0.2, 0) is 11.2 Å². The molecule has 0 atom stereocenters. The number of aryl methyl sites for hydroxylation is 1. The second-order valence-electron chi connectivity index (χ2n) is 9.66. The van der Waals surface area contributed by atoms with Crippen LogP contribution in [-0.4, -0.2) is 37.1 Å². The lowest BCUT2D eigenvalue weighted by Crippen LogP contribution is -2.08. The summed E-state index contributed by atoms with van der Waals surface area (Å²) in [5.41, 5.74) is 4.93. The molecular weight excluding hydrogens is 514 g/mol. The molecule has 0 unspecified atom stereocenters. The van der Waals surface area contributed by atoms with Gasteiger partial charge in [-0.2, -0.15) is 0 Å². The molecule has 2 aromatic carbocycles. The summed E-state index contributed by atoms with van der Waals surface area (Å²) < 4.78 is 11.2. The summed E-state index contributed by atoms with van der Waals surface area (Å²) in [6.07, 6.45) is 5.65. The third-order valence-corrected chi connectivity index (χ3v) is 7.43. The molecule has 9 heteroatoms. The quantitative estimate of drug-likeness (QED) is 0.175. The molecule has 5 rings (SSSR count). The van der Waals surface area contributed by atoms with E-state index >= 15 is 0 Å². The number of aromatic nitrogens is 2. The highest BCUT2D eigenvalue weighted by Gasteiger charge is 2.24. The fraction of sp³-hybridized carbons (Fsp3) is 0.300. The molecule has 0 radical (unpaired) electrons. The van der Waals surface area contributed by atoms with Gasteiger partial charge in [0, 0.05) is 40.7 Å². The van der Waals surface area contributed by atoms with Gasteiger partial charge in [-0.25, -0.2) is 9.97 Å². The van der Waals surface area contributed by atoms with Crippen molar-refractivity contribution in [1.82, 2.24) is 9.97 Å². The lowest BCUT2D eigenvalue weighted by molar-refractivity contribution is -0.105. The van der Waals surface area contributed by atoms with Gasteiger partial charge in [-0.1, -0.05) is 30.7 Å². The molecule has 1 aliphatic carbocycles. The number of hydrogen-bond acceptors (Lipinski definition) is 7. The minimum Gasteiger partial charge on any atom is -0.496 e. The van der Waals surface area contributed by atoms with Gasteiger partial charge in [-0.15, -0.1) is 0 Å². The van der Waals surface area contributed by atoms with Crippen molar-refractivity contribution < 1.29 is 14.3 Å². The highest BCUT2D eigenvalue weighted by Crippen LogP contribution is 2.44. The van der Waals surface area contributed by atoms with E-state index in [1.165, 1.54) is 12.8 Å². The molecule has 2 aromatic heterocycles. The Morgan fingerprint density at radius 1 is 1.13 bits per heavy atom. The lowest BCUT2D eigenvalue weighted by atomic mass is 9.98. The number of nitrogens with one attached hydrogen (secondary N) is 3. The maximum Gasteiger partial charge on any atom is 0.211 e. The van der Waals surface area contributed by atoms with E-state index in [9.17, 15) is 4.79 Å². The maximum atomic E-state index is 11.1. The largest absolute Gasteiger partial charge is 0.496 e. The van der Waals surface area contributed by atoms with Gasteiger partial charge in [-0.3, -0.25) is 4.79 Å².